The summed E-state index contributed by atoms with van der Waals surface area (Å²) in [5.74, 6) is -1.02. The fourth-order valence-electron chi connectivity index (χ4n) is 4.67. The normalized spacial score (nSPS) is 20.2. The lowest BCUT2D eigenvalue weighted by Gasteiger charge is -2.27. The minimum absolute atomic E-state index is 0.0347. The second kappa shape index (κ2) is 11.0. The molecule has 2 aromatic rings. The van der Waals surface area contributed by atoms with Gasteiger partial charge in [-0.2, -0.15) is 5.53 Å². The highest BCUT2D eigenvalue weighted by molar-refractivity contribution is 5.89. The summed E-state index contributed by atoms with van der Waals surface area (Å²) < 4.78 is 42.2. The van der Waals surface area contributed by atoms with Gasteiger partial charge in [0.2, 0.25) is 11.8 Å². The van der Waals surface area contributed by atoms with Gasteiger partial charge in [-0.1, -0.05) is 56.3 Å². The van der Waals surface area contributed by atoms with E-state index in [0.717, 1.165) is 0 Å². The molecule has 2 amide bonds. The molecule has 192 valence electrons. The molecule has 0 radical (unpaired) electrons. The summed E-state index contributed by atoms with van der Waals surface area (Å²) in [5.41, 5.74) is 10.3. The highest BCUT2D eigenvalue weighted by Crippen LogP contribution is 2.33. The van der Waals surface area contributed by atoms with E-state index >= 15 is 0 Å². The van der Waals surface area contributed by atoms with Crippen molar-refractivity contribution in [3.63, 3.8) is 0 Å². The minimum atomic E-state index is -2.67. The predicted molar refractivity (Wildman–Crippen MR) is 129 cm³/mol. The Morgan fingerprint density at radius 1 is 1.08 bits per heavy atom. The van der Waals surface area contributed by atoms with Crippen LogP contribution in [0.1, 0.15) is 67.3 Å². The largest absolute Gasteiger partial charge is 0.343 e. The van der Waals surface area contributed by atoms with Gasteiger partial charge in [0.05, 0.1) is 24.7 Å². The van der Waals surface area contributed by atoms with Gasteiger partial charge in [0.15, 0.2) is 0 Å². The van der Waals surface area contributed by atoms with Crippen molar-refractivity contribution in [2.45, 2.75) is 57.3 Å². The van der Waals surface area contributed by atoms with Crippen LogP contribution in [-0.2, 0) is 9.59 Å². The summed E-state index contributed by atoms with van der Waals surface area (Å²) in [4.78, 5) is 27.5. The van der Waals surface area contributed by atoms with Crippen molar-refractivity contribution >= 4 is 11.8 Å². The number of halogens is 3. The Morgan fingerprint density at radius 3 is 2.47 bits per heavy atom. The Hall–Kier alpha value is -3.53. The zero-order chi connectivity index (χ0) is 25.8. The van der Waals surface area contributed by atoms with Crippen LogP contribution in [-0.4, -0.2) is 35.5 Å². The van der Waals surface area contributed by atoms with Crippen molar-refractivity contribution in [3.8, 4) is 0 Å². The number of amides is 2. The van der Waals surface area contributed by atoms with E-state index in [-0.39, 0.29) is 30.9 Å². The molecule has 3 atom stereocenters. The molecule has 0 aliphatic carbocycles. The average Bonchev–Trinajstić information content (AvgIpc) is 3.52. The van der Waals surface area contributed by atoms with Gasteiger partial charge < -0.3 is 21.1 Å². The van der Waals surface area contributed by atoms with E-state index in [4.69, 9.17) is 0 Å². The number of nitrogens with one attached hydrogen (secondary N) is 4. The lowest BCUT2D eigenvalue weighted by Crippen LogP contribution is -2.47. The van der Waals surface area contributed by atoms with Crippen LogP contribution < -0.4 is 21.7 Å². The van der Waals surface area contributed by atoms with Crippen molar-refractivity contribution < 1.29 is 22.8 Å². The van der Waals surface area contributed by atoms with Crippen LogP contribution in [0.2, 0.25) is 0 Å². The van der Waals surface area contributed by atoms with Crippen LogP contribution in [0.15, 0.2) is 60.4 Å². The van der Waals surface area contributed by atoms with Crippen molar-refractivity contribution in [3.05, 3.63) is 82.7 Å². The topological polar surface area (TPSA) is 85.5 Å². The number of hydrogen-bond acceptors (Lipinski definition) is 5. The quantitative estimate of drug-likeness (QED) is 0.443. The van der Waals surface area contributed by atoms with E-state index in [1.54, 1.807) is 42.6 Å². The van der Waals surface area contributed by atoms with E-state index < -0.39 is 36.5 Å². The number of carbonyl (C=O) groups excluding carboxylic acids is 2. The van der Waals surface area contributed by atoms with Crippen LogP contribution in [0.4, 0.5) is 13.2 Å². The van der Waals surface area contributed by atoms with Gasteiger partial charge in [-0.15, -0.1) is 0 Å². The average molecular weight is 502 g/mol. The van der Waals surface area contributed by atoms with Gasteiger partial charge in [0.25, 0.3) is 6.43 Å². The molecule has 0 bridgehead atoms. The van der Waals surface area contributed by atoms with Gasteiger partial charge in [-0.3, -0.25) is 9.59 Å². The Kier molecular flexibility index (Phi) is 7.83. The molecule has 2 aliphatic rings. The first-order valence-corrected chi connectivity index (χ1v) is 11.9. The van der Waals surface area contributed by atoms with Crippen LogP contribution in [0, 0.1) is 0 Å². The molecule has 1 unspecified atom stereocenters. The first-order chi connectivity index (χ1) is 17.2. The second-order valence-corrected chi connectivity index (χ2v) is 9.33. The van der Waals surface area contributed by atoms with Crippen LogP contribution in [0.3, 0.4) is 0 Å². The Balaban J connectivity index is 1.61. The number of hydrazine groups is 2. The van der Waals surface area contributed by atoms with Crippen LogP contribution in [0.5, 0.6) is 0 Å². The number of alkyl halides is 3. The fourth-order valence-corrected chi connectivity index (χ4v) is 4.67. The lowest BCUT2D eigenvalue weighted by atomic mass is 9.91. The second-order valence-electron chi connectivity index (χ2n) is 9.33. The molecule has 1 fully saturated rings. The Bertz CT molecular complexity index is 1130. The highest BCUT2D eigenvalue weighted by Gasteiger charge is 2.40. The van der Waals surface area contributed by atoms with Crippen LogP contribution >= 0.6 is 0 Å². The van der Waals surface area contributed by atoms with Gasteiger partial charge in [0.1, 0.15) is 12.2 Å². The van der Waals surface area contributed by atoms with Gasteiger partial charge in [-0.05, 0) is 28.7 Å². The molecule has 2 heterocycles. The van der Waals surface area contributed by atoms with E-state index in [2.05, 4.69) is 21.7 Å². The summed E-state index contributed by atoms with van der Waals surface area (Å²) in [5, 5.41) is 2.91. The third kappa shape index (κ3) is 5.64. The maximum Gasteiger partial charge on any atom is 0.264 e. The third-order valence-corrected chi connectivity index (χ3v) is 6.48. The maximum atomic E-state index is 14.4. The molecular formula is C26H30F3N5O2. The zero-order valence-electron chi connectivity index (χ0n) is 20.1. The first kappa shape index (κ1) is 25.6. The van der Waals surface area contributed by atoms with Gasteiger partial charge >= 0.3 is 0 Å². The van der Waals surface area contributed by atoms with E-state index in [9.17, 15) is 22.8 Å². The van der Waals surface area contributed by atoms with E-state index in [1.807, 2.05) is 19.9 Å². The Labute approximate surface area is 208 Å². The lowest BCUT2D eigenvalue weighted by molar-refractivity contribution is -0.138. The molecule has 0 aromatic heterocycles. The zero-order valence-corrected chi connectivity index (χ0v) is 20.1. The molecule has 1 saturated heterocycles. The molecule has 7 nitrogen and oxygen atoms in total. The number of rotatable bonds is 8. The van der Waals surface area contributed by atoms with Gasteiger partial charge in [-0.25, -0.2) is 13.2 Å². The maximum absolute atomic E-state index is 14.4. The molecule has 36 heavy (non-hydrogen) atoms. The van der Waals surface area contributed by atoms with Crippen LogP contribution in [0.25, 0.3) is 0 Å². The highest BCUT2D eigenvalue weighted by atomic mass is 19.3. The standard InChI is InChI=1S/C26H30F3N5O2/c1-15(2)20-9-8-17(10-21(20)25(28)29)24(16-6-4-3-5-7-16)31-26(36)22-11-18(27)14-34(22)23(35)12-19-13-30-33-32-19/h3-10,13,15,18,22,24-25,30,32-33H,11-12,14H2,1-2H3,(H,31,36)/t18-,22+,24?/m1/s1. The third-order valence-electron chi connectivity index (χ3n) is 6.48. The van der Waals surface area contributed by atoms with E-state index in [0.29, 0.717) is 22.4 Å². The SMILES string of the molecule is CC(C)c1ccc(C(NC(=O)[C@@H]2C[C@@H](F)CN2C(=O)CC2=CNNN2)c2ccccc2)cc1C(F)F. The smallest absolute Gasteiger partial charge is 0.264 e. The molecule has 4 N–H and O–H groups in total. The summed E-state index contributed by atoms with van der Waals surface area (Å²) in [7, 11) is 0. The Morgan fingerprint density at radius 2 is 1.83 bits per heavy atom. The molecule has 10 heteroatoms. The van der Waals surface area contributed by atoms with Crippen molar-refractivity contribution in [1.29, 1.82) is 0 Å². The predicted octanol–water partition coefficient (Wildman–Crippen LogP) is 3.74. The number of nitrogens with zero attached hydrogens (tertiary/aromatic N) is 1. The molecule has 0 spiro atoms. The van der Waals surface area contributed by atoms with Gasteiger partial charge in [0, 0.05) is 18.2 Å². The first-order valence-electron chi connectivity index (χ1n) is 11.9. The van der Waals surface area contributed by atoms with Crippen molar-refractivity contribution in [1.82, 2.24) is 26.6 Å². The summed E-state index contributed by atoms with van der Waals surface area (Å²) >= 11 is 0. The van der Waals surface area contributed by atoms with Crippen molar-refractivity contribution in [2.75, 3.05) is 6.54 Å². The fraction of sp³-hybridized carbons (Fsp3) is 0.385. The minimum Gasteiger partial charge on any atom is -0.343 e. The summed E-state index contributed by atoms with van der Waals surface area (Å²) in [6.45, 7) is 3.51. The summed E-state index contributed by atoms with van der Waals surface area (Å²) in [6, 6.07) is 12.0. The summed E-state index contributed by atoms with van der Waals surface area (Å²) in [6.07, 6.45) is -2.60. The molecule has 2 aromatic carbocycles. The molecule has 4 rings (SSSR count). The van der Waals surface area contributed by atoms with E-state index in [1.165, 1.54) is 11.0 Å². The number of benzene rings is 2. The molecular weight excluding hydrogens is 471 g/mol. The molecule has 2 aliphatic heterocycles. The molecule has 0 saturated carbocycles. The number of carbonyl (C=O) groups is 2. The monoisotopic (exact) mass is 501 g/mol. The number of hydrogen-bond donors (Lipinski definition) is 4. The number of likely N-dealkylation sites (tertiary alicyclic amines) is 1. The van der Waals surface area contributed by atoms with Crippen molar-refractivity contribution in [2.24, 2.45) is 0 Å².